The summed E-state index contributed by atoms with van der Waals surface area (Å²) in [6.07, 6.45) is 2.79. The largest absolute Gasteiger partial charge is 0.490 e. The van der Waals surface area contributed by atoms with Crippen molar-refractivity contribution in [3.63, 3.8) is 0 Å². The van der Waals surface area contributed by atoms with Crippen LogP contribution < -0.4 is 25.8 Å². The van der Waals surface area contributed by atoms with E-state index in [-0.39, 0.29) is 17.6 Å². The smallest absolute Gasteiger partial charge is 0.265 e. The number of primary amides is 1. The first-order valence-corrected chi connectivity index (χ1v) is 12.2. The van der Waals surface area contributed by atoms with Crippen LogP contribution in [0.3, 0.4) is 0 Å². The molecule has 2 fully saturated rings. The van der Waals surface area contributed by atoms with Crippen LogP contribution in [0.25, 0.3) is 10.9 Å². The summed E-state index contributed by atoms with van der Waals surface area (Å²) in [6.45, 7) is 1.87. The number of aryl methyl sites for hydroxylation is 1. The number of anilines is 2. The van der Waals surface area contributed by atoms with E-state index < -0.39 is 11.5 Å². The lowest BCUT2D eigenvalue weighted by molar-refractivity contribution is -0.117. The van der Waals surface area contributed by atoms with Gasteiger partial charge < -0.3 is 24.8 Å². The number of hydrogen-bond acceptors (Lipinski definition) is 5. The molecule has 2 aliphatic rings. The summed E-state index contributed by atoms with van der Waals surface area (Å²) in [6, 6.07) is 12.9. The summed E-state index contributed by atoms with van der Waals surface area (Å²) >= 11 is 5.96. The highest BCUT2D eigenvalue weighted by atomic mass is 35.5. The first kappa shape index (κ1) is 23.2. The maximum absolute atomic E-state index is 13.2. The predicted octanol–water partition coefficient (Wildman–Crippen LogP) is 3.47. The molecule has 1 aromatic heterocycles. The Labute approximate surface area is 207 Å². The molecule has 35 heavy (non-hydrogen) atoms. The summed E-state index contributed by atoms with van der Waals surface area (Å²) in [5.41, 5.74) is 7.22. The summed E-state index contributed by atoms with van der Waals surface area (Å²) in [7, 11) is 1.63. The second-order valence-electron chi connectivity index (χ2n) is 9.06. The standard InChI is InChI=1S/C26H27ClN4O4/c1-29-21-15-17(31-12-2-3-22(31)32)6-9-20(21)24(23(25(28)33)26(29)34)30-13-10-19(11-14-30)35-18-7-4-16(27)5-8-18/h4-9,15,19H,2-3,10-14H2,1H3,(H2,28,33). The van der Waals surface area contributed by atoms with Gasteiger partial charge in [0.25, 0.3) is 11.5 Å². The van der Waals surface area contributed by atoms with Crippen molar-refractivity contribution in [1.82, 2.24) is 4.57 Å². The van der Waals surface area contributed by atoms with E-state index in [4.69, 9.17) is 22.1 Å². The first-order valence-electron chi connectivity index (χ1n) is 11.8. The van der Waals surface area contributed by atoms with Crippen molar-refractivity contribution in [3.8, 4) is 5.75 Å². The quantitative estimate of drug-likeness (QED) is 0.585. The van der Waals surface area contributed by atoms with E-state index in [1.807, 2.05) is 35.2 Å². The molecule has 0 bridgehead atoms. The molecule has 0 spiro atoms. The molecule has 0 unspecified atom stereocenters. The van der Waals surface area contributed by atoms with E-state index in [1.165, 1.54) is 4.57 Å². The number of aromatic nitrogens is 1. The minimum absolute atomic E-state index is 0.00930. The number of benzene rings is 2. The van der Waals surface area contributed by atoms with Crippen LogP contribution in [-0.4, -0.2) is 42.1 Å². The number of nitrogens with zero attached hydrogens (tertiary/aromatic N) is 3. The van der Waals surface area contributed by atoms with E-state index in [0.717, 1.165) is 36.1 Å². The van der Waals surface area contributed by atoms with E-state index in [9.17, 15) is 14.4 Å². The van der Waals surface area contributed by atoms with Crippen LogP contribution in [0.15, 0.2) is 47.3 Å². The number of piperidine rings is 1. The molecule has 0 aliphatic carbocycles. The fourth-order valence-corrected chi connectivity index (χ4v) is 5.18. The van der Waals surface area contributed by atoms with Crippen LogP contribution in [0.2, 0.25) is 5.02 Å². The molecule has 3 aromatic rings. The number of ether oxygens (including phenoxy) is 1. The number of hydrogen-bond donors (Lipinski definition) is 1. The van der Waals surface area contributed by atoms with Crippen molar-refractivity contribution in [2.45, 2.75) is 31.8 Å². The molecule has 2 amide bonds. The van der Waals surface area contributed by atoms with Gasteiger partial charge in [-0.2, -0.15) is 0 Å². The third kappa shape index (κ3) is 4.34. The zero-order valence-corrected chi connectivity index (χ0v) is 20.3. The molecule has 2 saturated heterocycles. The molecule has 5 rings (SSSR count). The number of carbonyl (C=O) groups is 2. The van der Waals surface area contributed by atoms with Gasteiger partial charge in [-0.25, -0.2) is 0 Å². The number of pyridine rings is 1. The Kier molecular flexibility index (Phi) is 6.15. The van der Waals surface area contributed by atoms with Crippen molar-refractivity contribution < 1.29 is 14.3 Å². The molecule has 0 radical (unpaired) electrons. The van der Waals surface area contributed by atoms with E-state index in [1.54, 1.807) is 24.1 Å². The third-order valence-corrected chi connectivity index (χ3v) is 7.11. The molecule has 2 aromatic carbocycles. The highest BCUT2D eigenvalue weighted by Crippen LogP contribution is 2.34. The van der Waals surface area contributed by atoms with Gasteiger partial charge >= 0.3 is 0 Å². The fraction of sp³-hybridized carbons (Fsp3) is 0.346. The lowest BCUT2D eigenvalue weighted by Crippen LogP contribution is -2.41. The molecule has 2 aliphatic heterocycles. The molecule has 0 saturated carbocycles. The van der Waals surface area contributed by atoms with Crippen LogP contribution >= 0.6 is 11.6 Å². The van der Waals surface area contributed by atoms with Crippen molar-refractivity contribution >= 4 is 45.7 Å². The molecule has 182 valence electrons. The Morgan fingerprint density at radius 3 is 2.40 bits per heavy atom. The Hall–Kier alpha value is -3.52. The average molecular weight is 495 g/mol. The molecule has 2 N–H and O–H groups in total. The molecule has 0 atom stereocenters. The normalized spacial score (nSPS) is 16.8. The number of rotatable bonds is 5. The highest BCUT2D eigenvalue weighted by Gasteiger charge is 2.29. The van der Waals surface area contributed by atoms with E-state index in [0.29, 0.717) is 42.3 Å². The van der Waals surface area contributed by atoms with Crippen LogP contribution in [0, 0.1) is 0 Å². The summed E-state index contributed by atoms with van der Waals surface area (Å²) < 4.78 is 7.55. The highest BCUT2D eigenvalue weighted by molar-refractivity contribution is 6.30. The molecular formula is C26H27ClN4O4. The van der Waals surface area contributed by atoms with Gasteiger partial charge in [-0.3, -0.25) is 14.4 Å². The van der Waals surface area contributed by atoms with Gasteiger partial charge in [-0.1, -0.05) is 11.6 Å². The predicted molar refractivity (Wildman–Crippen MR) is 137 cm³/mol. The minimum atomic E-state index is -0.749. The van der Waals surface area contributed by atoms with Gasteiger partial charge in [-0.05, 0) is 48.9 Å². The average Bonchev–Trinajstić information content (AvgIpc) is 3.28. The minimum Gasteiger partial charge on any atom is -0.490 e. The molecule has 8 nitrogen and oxygen atoms in total. The van der Waals surface area contributed by atoms with Gasteiger partial charge in [-0.15, -0.1) is 0 Å². The number of halogens is 1. The Morgan fingerprint density at radius 2 is 1.77 bits per heavy atom. The van der Waals surface area contributed by atoms with Gasteiger partial charge in [0.1, 0.15) is 17.4 Å². The summed E-state index contributed by atoms with van der Waals surface area (Å²) in [4.78, 5) is 41.7. The number of carbonyl (C=O) groups excluding carboxylic acids is 2. The summed E-state index contributed by atoms with van der Waals surface area (Å²) in [5.74, 6) is 0.0839. The number of fused-ring (bicyclic) bond motifs is 1. The van der Waals surface area contributed by atoms with Gasteiger partial charge in [0.2, 0.25) is 5.91 Å². The van der Waals surface area contributed by atoms with E-state index >= 15 is 0 Å². The van der Waals surface area contributed by atoms with Crippen LogP contribution in [-0.2, 0) is 11.8 Å². The Morgan fingerprint density at radius 1 is 1.06 bits per heavy atom. The number of amides is 2. The van der Waals surface area contributed by atoms with Gasteiger partial charge in [0.15, 0.2) is 0 Å². The molecule has 9 heteroatoms. The maximum atomic E-state index is 13.2. The summed E-state index contributed by atoms with van der Waals surface area (Å²) in [5, 5.41) is 1.41. The Bertz CT molecular complexity index is 1360. The monoisotopic (exact) mass is 494 g/mol. The SMILES string of the molecule is Cn1c(=O)c(C(N)=O)c(N2CCC(Oc3ccc(Cl)cc3)CC2)c2ccc(N3CCCC3=O)cc21. The zero-order chi connectivity index (χ0) is 24.7. The zero-order valence-electron chi connectivity index (χ0n) is 19.5. The Balaban J connectivity index is 1.49. The second kappa shape index (κ2) is 9.26. The van der Waals surface area contributed by atoms with Crippen molar-refractivity contribution in [3.05, 3.63) is 63.4 Å². The second-order valence-corrected chi connectivity index (χ2v) is 9.50. The van der Waals surface area contributed by atoms with E-state index in [2.05, 4.69) is 0 Å². The number of nitrogens with two attached hydrogens (primary N) is 1. The maximum Gasteiger partial charge on any atom is 0.265 e. The van der Waals surface area contributed by atoms with Crippen molar-refractivity contribution in [1.29, 1.82) is 0 Å². The lowest BCUT2D eigenvalue weighted by atomic mass is 10.0. The first-order chi connectivity index (χ1) is 16.8. The topological polar surface area (TPSA) is 97.9 Å². The van der Waals surface area contributed by atoms with Crippen LogP contribution in [0.5, 0.6) is 5.75 Å². The van der Waals surface area contributed by atoms with Crippen molar-refractivity contribution in [2.75, 3.05) is 29.4 Å². The fourth-order valence-electron chi connectivity index (χ4n) is 5.05. The third-order valence-electron chi connectivity index (χ3n) is 6.86. The van der Waals surface area contributed by atoms with Gasteiger partial charge in [0, 0.05) is 62.0 Å². The molecule has 3 heterocycles. The van der Waals surface area contributed by atoms with Gasteiger partial charge in [0.05, 0.1) is 11.2 Å². The van der Waals surface area contributed by atoms with Crippen LogP contribution in [0.1, 0.15) is 36.0 Å². The van der Waals surface area contributed by atoms with Crippen LogP contribution in [0.4, 0.5) is 11.4 Å². The lowest BCUT2D eigenvalue weighted by Gasteiger charge is -2.35. The molecular weight excluding hydrogens is 468 g/mol. The van der Waals surface area contributed by atoms with Crippen molar-refractivity contribution in [2.24, 2.45) is 12.8 Å².